The van der Waals surface area contributed by atoms with Crippen LogP contribution in [0.2, 0.25) is 5.02 Å². The first-order valence-electron chi connectivity index (χ1n) is 7.61. The molecular formula is C17H24ClFN2O. The van der Waals surface area contributed by atoms with Crippen LogP contribution in [0.3, 0.4) is 0 Å². The van der Waals surface area contributed by atoms with Crippen LogP contribution < -0.4 is 0 Å². The number of nitrogens with zero attached hydrogens (tertiary/aromatic N) is 2. The molecule has 1 aliphatic rings. The molecule has 0 radical (unpaired) electrons. The molecule has 0 saturated carbocycles. The number of halogens is 2. The third kappa shape index (κ3) is 3.61. The molecule has 22 heavy (non-hydrogen) atoms. The summed E-state index contributed by atoms with van der Waals surface area (Å²) < 4.78 is 13.1. The standard InChI is InChI=1S/C17H24ClFN2O/c1-17(2)13(7-8-21(17)4)11-20(3)16(22)9-12-5-6-14(19)10-15(12)18/h5-6,10,13H,7-9,11H2,1-4H3/t13-/m1/s1. The highest BCUT2D eigenvalue weighted by molar-refractivity contribution is 6.31. The van der Waals surface area contributed by atoms with Crippen LogP contribution in [0.25, 0.3) is 0 Å². The van der Waals surface area contributed by atoms with Gasteiger partial charge in [0.2, 0.25) is 5.91 Å². The number of hydrogen-bond acceptors (Lipinski definition) is 2. The Morgan fingerprint density at radius 1 is 1.50 bits per heavy atom. The Kier molecular flexibility index (Phi) is 5.13. The van der Waals surface area contributed by atoms with Crippen LogP contribution in [0.1, 0.15) is 25.8 Å². The van der Waals surface area contributed by atoms with Gasteiger partial charge < -0.3 is 9.80 Å². The number of carbonyl (C=O) groups is 1. The molecule has 0 unspecified atom stereocenters. The lowest BCUT2D eigenvalue weighted by Gasteiger charge is -2.35. The van der Waals surface area contributed by atoms with Gasteiger partial charge in [-0.3, -0.25) is 4.79 Å². The number of likely N-dealkylation sites (N-methyl/N-ethyl adjacent to an activating group) is 1. The maximum Gasteiger partial charge on any atom is 0.226 e. The quantitative estimate of drug-likeness (QED) is 0.848. The average molecular weight is 327 g/mol. The molecule has 1 aromatic rings. The summed E-state index contributed by atoms with van der Waals surface area (Å²) in [5.41, 5.74) is 0.768. The summed E-state index contributed by atoms with van der Waals surface area (Å²) in [6.45, 7) is 6.23. The molecule has 1 aromatic carbocycles. The van der Waals surface area contributed by atoms with Crippen molar-refractivity contribution < 1.29 is 9.18 Å². The summed E-state index contributed by atoms with van der Waals surface area (Å²) in [5.74, 6) is 0.0827. The lowest BCUT2D eigenvalue weighted by atomic mass is 9.88. The van der Waals surface area contributed by atoms with Crippen LogP contribution in [0.5, 0.6) is 0 Å². The van der Waals surface area contributed by atoms with Gasteiger partial charge in [-0.15, -0.1) is 0 Å². The largest absolute Gasteiger partial charge is 0.345 e. The Hall–Kier alpha value is -1.13. The van der Waals surface area contributed by atoms with E-state index in [2.05, 4.69) is 25.8 Å². The topological polar surface area (TPSA) is 23.6 Å². The molecule has 1 heterocycles. The fourth-order valence-electron chi connectivity index (χ4n) is 3.01. The number of hydrogen-bond donors (Lipinski definition) is 0. The van der Waals surface area contributed by atoms with Crippen molar-refractivity contribution in [2.24, 2.45) is 5.92 Å². The van der Waals surface area contributed by atoms with Gasteiger partial charge in [0, 0.05) is 24.2 Å². The van der Waals surface area contributed by atoms with E-state index in [1.54, 1.807) is 11.0 Å². The molecular weight excluding hydrogens is 303 g/mol. The monoisotopic (exact) mass is 326 g/mol. The molecule has 2 rings (SSSR count). The Labute approximate surface area is 137 Å². The van der Waals surface area contributed by atoms with E-state index in [0.29, 0.717) is 16.5 Å². The molecule has 0 N–H and O–H groups in total. The fraction of sp³-hybridized carbons (Fsp3) is 0.588. The van der Waals surface area contributed by atoms with Gasteiger partial charge in [0.15, 0.2) is 0 Å². The van der Waals surface area contributed by atoms with Crippen LogP contribution in [0.15, 0.2) is 18.2 Å². The van der Waals surface area contributed by atoms with Gasteiger partial charge in [0.05, 0.1) is 6.42 Å². The van der Waals surface area contributed by atoms with Crippen molar-refractivity contribution in [2.75, 3.05) is 27.2 Å². The molecule has 5 heteroatoms. The number of benzene rings is 1. The molecule has 1 saturated heterocycles. The highest BCUT2D eigenvalue weighted by Crippen LogP contribution is 2.33. The van der Waals surface area contributed by atoms with Crippen LogP contribution in [0.4, 0.5) is 4.39 Å². The van der Waals surface area contributed by atoms with Crippen LogP contribution in [-0.2, 0) is 11.2 Å². The lowest BCUT2D eigenvalue weighted by molar-refractivity contribution is -0.130. The second-order valence-corrected chi connectivity index (χ2v) is 7.15. The first kappa shape index (κ1) is 17.2. The third-order valence-corrected chi connectivity index (χ3v) is 5.42. The predicted octanol–water partition coefficient (Wildman–Crippen LogP) is 3.21. The maximum absolute atomic E-state index is 13.1. The summed E-state index contributed by atoms with van der Waals surface area (Å²) in [6, 6.07) is 4.17. The van der Waals surface area contributed by atoms with Crippen LogP contribution in [-0.4, -0.2) is 48.4 Å². The molecule has 1 amide bonds. The maximum atomic E-state index is 13.1. The van der Waals surface area contributed by atoms with Gasteiger partial charge in [0.25, 0.3) is 0 Å². The Bertz CT molecular complexity index is 562. The number of rotatable bonds is 4. The molecule has 1 aliphatic heterocycles. The second kappa shape index (κ2) is 6.55. The van der Waals surface area contributed by atoms with E-state index >= 15 is 0 Å². The van der Waals surface area contributed by atoms with Crippen molar-refractivity contribution in [2.45, 2.75) is 32.2 Å². The first-order valence-corrected chi connectivity index (χ1v) is 7.98. The highest BCUT2D eigenvalue weighted by Gasteiger charge is 2.39. The third-order valence-electron chi connectivity index (χ3n) is 5.07. The predicted molar refractivity (Wildman–Crippen MR) is 87.6 cm³/mol. The molecule has 0 aliphatic carbocycles. The summed E-state index contributed by atoms with van der Waals surface area (Å²) in [5, 5.41) is 0.308. The molecule has 0 aromatic heterocycles. The van der Waals surface area contributed by atoms with Crippen molar-refractivity contribution in [1.29, 1.82) is 0 Å². The van der Waals surface area contributed by atoms with Gasteiger partial charge in [0.1, 0.15) is 5.82 Å². The van der Waals surface area contributed by atoms with E-state index in [1.807, 2.05) is 7.05 Å². The molecule has 0 bridgehead atoms. The fourth-order valence-corrected chi connectivity index (χ4v) is 3.25. The van der Waals surface area contributed by atoms with Gasteiger partial charge >= 0.3 is 0 Å². The van der Waals surface area contributed by atoms with E-state index in [1.165, 1.54) is 12.1 Å². The van der Waals surface area contributed by atoms with Crippen LogP contribution in [0, 0.1) is 11.7 Å². The van der Waals surface area contributed by atoms with Gasteiger partial charge in [-0.2, -0.15) is 0 Å². The van der Waals surface area contributed by atoms with Crippen molar-refractivity contribution in [3.05, 3.63) is 34.6 Å². The van der Waals surface area contributed by atoms with Gasteiger partial charge in [-0.05, 0) is 57.5 Å². The van der Waals surface area contributed by atoms with E-state index < -0.39 is 0 Å². The van der Waals surface area contributed by atoms with E-state index in [4.69, 9.17) is 11.6 Å². The number of likely N-dealkylation sites (tertiary alicyclic amines) is 1. The van der Waals surface area contributed by atoms with Gasteiger partial charge in [-0.25, -0.2) is 4.39 Å². The summed E-state index contributed by atoms with van der Waals surface area (Å²) in [7, 11) is 3.95. The van der Waals surface area contributed by atoms with Gasteiger partial charge in [-0.1, -0.05) is 17.7 Å². The second-order valence-electron chi connectivity index (χ2n) is 6.75. The zero-order valence-corrected chi connectivity index (χ0v) is 14.5. The minimum absolute atomic E-state index is 0.0128. The summed E-state index contributed by atoms with van der Waals surface area (Å²) in [4.78, 5) is 16.5. The normalized spacial score (nSPS) is 21.1. The minimum Gasteiger partial charge on any atom is -0.345 e. The van der Waals surface area contributed by atoms with Crippen molar-refractivity contribution in [1.82, 2.24) is 9.80 Å². The summed E-state index contributed by atoms with van der Waals surface area (Å²) in [6.07, 6.45) is 1.30. The van der Waals surface area contributed by atoms with E-state index in [-0.39, 0.29) is 23.7 Å². The van der Waals surface area contributed by atoms with Crippen molar-refractivity contribution in [3.63, 3.8) is 0 Å². The highest BCUT2D eigenvalue weighted by atomic mass is 35.5. The molecule has 1 atom stereocenters. The number of amides is 1. The van der Waals surface area contributed by atoms with Crippen molar-refractivity contribution >= 4 is 17.5 Å². The first-order chi connectivity index (χ1) is 10.2. The average Bonchev–Trinajstić information content (AvgIpc) is 2.68. The number of carbonyl (C=O) groups excluding carboxylic acids is 1. The Balaban J connectivity index is 1.98. The van der Waals surface area contributed by atoms with Crippen LogP contribution >= 0.6 is 11.6 Å². The Morgan fingerprint density at radius 2 is 2.18 bits per heavy atom. The summed E-state index contributed by atoms with van der Waals surface area (Å²) >= 11 is 6.00. The molecule has 1 fully saturated rings. The van der Waals surface area contributed by atoms with E-state index in [9.17, 15) is 9.18 Å². The Morgan fingerprint density at radius 3 is 2.73 bits per heavy atom. The zero-order chi connectivity index (χ0) is 16.5. The minimum atomic E-state index is -0.384. The van der Waals surface area contributed by atoms with E-state index in [0.717, 1.165) is 19.5 Å². The zero-order valence-electron chi connectivity index (χ0n) is 13.7. The lowest BCUT2D eigenvalue weighted by Crippen LogP contribution is -2.45. The smallest absolute Gasteiger partial charge is 0.226 e. The molecule has 3 nitrogen and oxygen atoms in total. The van der Waals surface area contributed by atoms with Crippen molar-refractivity contribution in [3.8, 4) is 0 Å². The SMILES string of the molecule is CN(C[C@H]1CCN(C)C1(C)C)C(=O)Cc1ccc(F)cc1Cl. The molecule has 0 spiro atoms. The molecule has 122 valence electrons.